The maximum atomic E-state index is 11.7. The number of ether oxygens (including phenoxy) is 1. The van der Waals surface area contributed by atoms with Crippen LogP contribution in [0.5, 0.6) is 0 Å². The van der Waals surface area contributed by atoms with E-state index in [2.05, 4.69) is 4.98 Å². The molecule has 0 saturated carbocycles. The van der Waals surface area contributed by atoms with E-state index in [1.165, 1.54) is 11.3 Å². The average Bonchev–Trinajstić information content (AvgIpc) is 3.13. The van der Waals surface area contributed by atoms with Gasteiger partial charge in [-0.2, -0.15) is 0 Å². The molecule has 6 heteroatoms. The number of carboxylic acids is 1. The summed E-state index contributed by atoms with van der Waals surface area (Å²) in [4.78, 5) is 17.2. The molecule has 0 atom stereocenters. The summed E-state index contributed by atoms with van der Waals surface area (Å²) in [6.45, 7) is 0.271. The van der Waals surface area contributed by atoms with Gasteiger partial charge >= 0.3 is 5.97 Å². The van der Waals surface area contributed by atoms with E-state index in [1.54, 1.807) is 7.11 Å². The van der Waals surface area contributed by atoms with E-state index >= 15 is 0 Å². The Labute approximate surface area is 141 Å². The van der Waals surface area contributed by atoms with Crippen molar-refractivity contribution in [1.29, 1.82) is 0 Å². The van der Waals surface area contributed by atoms with E-state index in [0.717, 1.165) is 26.4 Å². The maximum Gasteiger partial charge on any atom is 0.337 e. The fourth-order valence-electron chi connectivity index (χ4n) is 2.86. The number of carbonyl (C=O) groups is 1. The zero-order chi connectivity index (χ0) is 16.7. The lowest BCUT2D eigenvalue weighted by Gasteiger charge is -2.06. The highest BCUT2D eigenvalue weighted by Crippen LogP contribution is 2.33. The molecule has 0 aliphatic heterocycles. The van der Waals surface area contributed by atoms with E-state index in [-0.39, 0.29) is 6.61 Å². The SMILES string of the molecule is COCc1ccc2c(sc3nc(-c4ccccc4)cn32)c1C(=O)O. The van der Waals surface area contributed by atoms with E-state index in [9.17, 15) is 9.90 Å². The summed E-state index contributed by atoms with van der Waals surface area (Å²) in [5.41, 5.74) is 3.73. The normalized spacial score (nSPS) is 11.4. The lowest BCUT2D eigenvalue weighted by atomic mass is 10.1. The van der Waals surface area contributed by atoms with Gasteiger partial charge in [-0.1, -0.05) is 47.7 Å². The average molecular weight is 338 g/mol. The van der Waals surface area contributed by atoms with Crippen molar-refractivity contribution in [2.45, 2.75) is 6.61 Å². The fraction of sp³-hybridized carbons (Fsp3) is 0.111. The standard InChI is InChI=1S/C18H14N2O3S/c1-23-10-12-7-8-14-16(15(12)17(21)22)24-18-19-13(9-20(14)18)11-5-3-2-4-6-11/h2-9H,10H2,1H3,(H,21,22). The first-order chi connectivity index (χ1) is 11.7. The smallest absolute Gasteiger partial charge is 0.337 e. The van der Waals surface area contributed by atoms with E-state index in [0.29, 0.717) is 11.1 Å². The zero-order valence-corrected chi connectivity index (χ0v) is 13.7. The van der Waals surface area contributed by atoms with Crippen LogP contribution in [0.25, 0.3) is 26.4 Å². The van der Waals surface area contributed by atoms with Gasteiger partial charge in [0.25, 0.3) is 0 Å². The summed E-state index contributed by atoms with van der Waals surface area (Å²) in [5, 5.41) is 9.61. The molecule has 0 bridgehead atoms. The van der Waals surface area contributed by atoms with Gasteiger partial charge in [-0.15, -0.1) is 0 Å². The first-order valence-corrected chi connectivity index (χ1v) is 8.22. The fourth-order valence-corrected chi connectivity index (χ4v) is 4.03. The number of aromatic nitrogens is 2. The second-order valence-corrected chi connectivity index (χ2v) is 6.41. The molecule has 0 radical (unpaired) electrons. The molecule has 0 spiro atoms. The number of benzene rings is 2. The van der Waals surface area contributed by atoms with Gasteiger partial charge in [0.15, 0.2) is 4.96 Å². The molecule has 0 aliphatic carbocycles. The monoisotopic (exact) mass is 338 g/mol. The molecular formula is C18H14N2O3S. The van der Waals surface area contributed by atoms with E-state index < -0.39 is 5.97 Å². The zero-order valence-electron chi connectivity index (χ0n) is 12.9. The Morgan fingerprint density at radius 1 is 1.25 bits per heavy atom. The molecule has 0 aliphatic rings. The lowest BCUT2D eigenvalue weighted by molar-refractivity contribution is 0.0694. The third-order valence-electron chi connectivity index (χ3n) is 3.93. The van der Waals surface area contributed by atoms with Crippen LogP contribution in [0.15, 0.2) is 48.7 Å². The van der Waals surface area contributed by atoms with Crippen molar-refractivity contribution in [2.75, 3.05) is 7.11 Å². The van der Waals surface area contributed by atoms with Gasteiger partial charge in [0.2, 0.25) is 0 Å². The van der Waals surface area contributed by atoms with Crippen molar-refractivity contribution in [3.05, 3.63) is 59.8 Å². The van der Waals surface area contributed by atoms with Crippen LogP contribution in [0.4, 0.5) is 0 Å². The summed E-state index contributed by atoms with van der Waals surface area (Å²) in [6, 6.07) is 13.7. The molecular weight excluding hydrogens is 324 g/mol. The van der Waals surface area contributed by atoms with Crippen LogP contribution >= 0.6 is 11.3 Å². The molecule has 0 amide bonds. The van der Waals surface area contributed by atoms with Crippen LogP contribution in [0.3, 0.4) is 0 Å². The molecule has 2 aromatic heterocycles. The molecule has 0 unspecified atom stereocenters. The third-order valence-corrected chi connectivity index (χ3v) is 5.02. The molecule has 120 valence electrons. The van der Waals surface area contributed by atoms with Crippen molar-refractivity contribution in [3.63, 3.8) is 0 Å². The number of thiazole rings is 1. The molecule has 1 N–H and O–H groups in total. The number of aromatic carboxylic acids is 1. The first-order valence-electron chi connectivity index (χ1n) is 7.40. The summed E-state index contributed by atoms with van der Waals surface area (Å²) in [7, 11) is 1.56. The van der Waals surface area contributed by atoms with Crippen molar-refractivity contribution in [1.82, 2.24) is 9.38 Å². The number of imidazole rings is 1. The van der Waals surface area contributed by atoms with Crippen LogP contribution < -0.4 is 0 Å². The number of nitrogens with zero attached hydrogens (tertiary/aromatic N) is 2. The van der Waals surface area contributed by atoms with Gasteiger partial charge in [-0.3, -0.25) is 4.40 Å². The van der Waals surface area contributed by atoms with Crippen molar-refractivity contribution < 1.29 is 14.6 Å². The molecule has 4 rings (SSSR count). The molecule has 4 aromatic rings. The molecule has 2 heterocycles. The van der Waals surface area contributed by atoms with Gasteiger partial charge in [-0.05, 0) is 11.6 Å². The van der Waals surface area contributed by atoms with Crippen LogP contribution in [0.2, 0.25) is 0 Å². The number of carboxylic acid groups (broad SMARTS) is 1. The Bertz CT molecular complexity index is 1050. The highest BCUT2D eigenvalue weighted by atomic mass is 32.1. The third kappa shape index (κ3) is 2.28. The summed E-state index contributed by atoms with van der Waals surface area (Å²) < 4.78 is 7.79. The summed E-state index contributed by atoms with van der Waals surface area (Å²) in [6.07, 6.45) is 1.95. The van der Waals surface area contributed by atoms with Gasteiger partial charge in [0.1, 0.15) is 0 Å². The number of hydrogen-bond donors (Lipinski definition) is 1. The van der Waals surface area contributed by atoms with E-state index in [1.807, 2.05) is 53.1 Å². The minimum Gasteiger partial charge on any atom is -0.478 e. The van der Waals surface area contributed by atoms with Crippen LogP contribution in [0, 0.1) is 0 Å². The Balaban J connectivity index is 1.95. The van der Waals surface area contributed by atoms with Crippen molar-refractivity contribution in [3.8, 4) is 11.3 Å². The second kappa shape index (κ2) is 5.74. The largest absolute Gasteiger partial charge is 0.478 e. The van der Waals surface area contributed by atoms with Crippen LogP contribution in [0.1, 0.15) is 15.9 Å². The number of fused-ring (bicyclic) bond motifs is 3. The predicted molar refractivity (Wildman–Crippen MR) is 93.7 cm³/mol. The molecule has 2 aromatic carbocycles. The number of rotatable bonds is 4. The molecule has 0 fully saturated rings. The highest BCUT2D eigenvalue weighted by molar-refractivity contribution is 7.24. The molecule has 0 saturated heterocycles. The van der Waals surface area contributed by atoms with E-state index in [4.69, 9.17) is 4.74 Å². The van der Waals surface area contributed by atoms with Crippen molar-refractivity contribution in [2.24, 2.45) is 0 Å². The Hall–Kier alpha value is -2.70. The summed E-state index contributed by atoms with van der Waals surface area (Å²) >= 11 is 1.39. The Kier molecular flexibility index (Phi) is 3.55. The van der Waals surface area contributed by atoms with Gasteiger partial charge in [-0.25, -0.2) is 9.78 Å². The maximum absolute atomic E-state index is 11.7. The van der Waals surface area contributed by atoms with Gasteiger partial charge in [0.05, 0.1) is 28.1 Å². The number of hydrogen-bond acceptors (Lipinski definition) is 4. The second-order valence-electron chi connectivity index (χ2n) is 5.43. The molecule has 24 heavy (non-hydrogen) atoms. The summed E-state index contributed by atoms with van der Waals surface area (Å²) in [5.74, 6) is -0.944. The van der Waals surface area contributed by atoms with Crippen LogP contribution in [-0.4, -0.2) is 27.6 Å². The van der Waals surface area contributed by atoms with Gasteiger partial charge in [0, 0.05) is 18.9 Å². The topological polar surface area (TPSA) is 63.8 Å². The quantitative estimate of drug-likeness (QED) is 0.609. The minimum absolute atomic E-state index is 0.271. The van der Waals surface area contributed by atoms with Crippen molar-refractivity contribution >= 4 is 32.5 Å². The Morgan fingerprint density at radius 2 is 2.04 bits per heavy atom. The van der Waals surface area contributed by atoms with Crippen LogP contribution in [-0.2, 0) is 11.3 Å². The highest BCUT2D eigenvalue weighted by Gasteiger charge is 2.19. The first kappa shape index (κ1) is 14.9. The number of methoxy groups -OCH3 is 1. The predicted octanol–water partition coefficient (Wildman–Crippen LogP) is 4.06. The molecule has 5 nitrogen and oxygen atoms in total. The van der Waals surface area contributed by atoms with Gasteiger partial charge < -0.3 is 9.84 Å². The lowest BCUT2D eigenvalue weighted by Crippen LogP contribution is -2.03. The Morgan fingerprint density at radius 3 is 2.75 bits per heavy atom. The minimum atomic E-state index is -0.944.